The van der Waals surface area contributed by atoms with Crippen molar-refractivity contribution in [3.63, 3.8) is 0 Å². The SMILES string of the molecule is CCC1CCCCN1C(=S)NC(=O)c1ccccc1. The highest BCUT2D eigenvalue weighted by Gasteiger charge is 2.23. The number of hydrogen-bond acceptors (Lipinski definition) is 2. The van der Waals surface area contributed by atoms with E-state index in [0.717, 1.165) is 25.8 Å². The fourth-order valence-corrected chi connectivity index (χ4v) is 2.86. The Balaban J connectivity index is 1.98. The van der Waals surface area contributed by atoms with Crippen LogP contribution in [0.4, 0.5) is 0 Å². The molecule has 1 unspecified atom stereocenters. The van der Waals surface area contributed by atoms with Crippen LogP contribution in [-0.2, 0) is 0 Å². The van der Waals surface area contributed by atoms with E-state index in [1.165, 1.54) is 6.42 Å². The second-order valence-corrected chi connectivity index (χ2v) is 5.26. The topological polar surface area (TPSA) is 32.3 Å². The third-order valence-corrected chi connectivity index (χ3v) is 3.95. The molecule has 1 aliphatic heterocycles. The van der Waals surface area contributed by atoms with Gasteiger partial charge in [0.2, 0.25) is 0 Å². The second kappa shape index (κ2) is 6.66. The van der Waals surface area contributed by atoms with E-state index in [4.69, 9.17) is 12.2 Å². The summed E-state index contributed by atoms with van der Waals surface area (Å²) in [6.45, 7) is 3.12. The lowest BCUT2D eigenvalue weighted by Gasteiger charge is -2.37. The Morgan fingerprint density at radius 2 is 2.11 bits per heavy atom. The number of rotatable bonds is 2. The quantitative estimate of drug-likeness (QED) is 0.843. The van der Waals surface area contributed by atoms with Gasteiger partial charge in [-0.05, 0) is 50.0 Å². The van der Waals surface area contributed by atoms with Crippen molar-refractivity contribution >= 4 is 23.2 Å². The molecule has 2 rings (SSSR count). The van der Waals surface area contributed by atoms with Crippen molar-refractivity contribution in [1.82, 2.24) is 10.2 Å². The van der Waals surface area contributed by atoms with E-state index < -0.39 is 0 Å². The lowest BCUT2D eigenvalue weighted by molar-refractivity contribution is 0.0969. The van der Waals surface area contributed by atoms with E-state index >= 15 is 0 Å². The van der Waals surface area contributed by atoms with Crippen molar-refractivity contribution in [3.8, 4) is 0 Å². The molecule has 1 amide bonds. The first-order chi connectivity index (χ1) is 9.22. The van der Waals surface area contributed by atoms with Crippen molar-refractivity contribution < 1.29 is 4.79 Å². The number of carbonyl (C=O) groups excluding carboxylic acids is 1. The molecule has 0 saturated carbocycles. The number of benzene rings is 1. The predicted molar refractivity (Wildman–Crippen MR) is 81.1 cm³/mol. The van der Waals surface area contributed by atoms with Gasteiger partial charge in [0.05, 0.1) is 0 Å². The van der Waals surface area contributed by atoms with Crippen molar-refractivity contribution in [3.05, 3.63) is 35.9 Å². The van der Waals surface area contributed by atoms with Gasteiger partial charge in [-0.2, -0.15) is 0 Å². The lowest BCUT2D eigenvalue weighted by Crippen LogP contribution is -2.49. The summed E-state index contributed by atoms with van der Waals surface area (Å²) in [5.74, 6) is -0.119. The summed E-state index contributed by atoms with van der Waals surface area (Å²) in [5, 5.41) is 3.42. The molecular formula is C15H20N2OS. The number of likely N-dealkylation sites (tertiary alicyclic amines) is 1. The fourth-order valence-electron chi connectivity index (χ4n) is 2.52. The Kier molecular flexibility index (Phi) is 4.91. The highest BCUT2D eigenvalue weighted by molar-refractivity contribution is 7.80. The summed E-state index contributed by atoms with van der Waals surface area (Å²) in [4.78, 5) is 14.2. The van der Waals surface area contributed by atoms with Gasteiger partial charge in [-0.3, -0.25) is 10.1 Å². The molecule has 0 radical (unpaired) electrons. The molecule has 1 aliphatic rings. The Bertz CT molecular complexity index is 447. The van der Waals surface area contributed by atoms with Crippen LogP contribution in [0.3, 0.4) is 0 Å². The summed E-state index contributed by atoms with van der Waals surface area (Å²) in [5.41, 5.74) is 0.648. The molecule has 1 aromatic rings. The van der Waals surface area contributed by atoms with Crippen LogP contribution in [0.2, 0.25) is 0 Å². The van der Waals surface area contributed by atoms with E-state index in [2.05, 4.69) is 17.1 Å². The van der Waals surface area contributed by atoms with Crippen molar-refractivity contribution in [2.75, 3.05) is 6.54 Å². The molecule has 1 saturated heterocycles. The molecule has 0 bridgehead atoms. The number of amides is 1. The third-order valence-electron chi connectivity index (χ3n) is 3.62. The summed E-state index contributed by atoms with van der Waals surface area (Å²) >= 11 is 5.39. The van der Waals surface area contributed by atoms with E-state index in [9.17, 15) is 4.79 Å². The van der Waals surface area contributed by atoms with Crippen LogP contribution in [0.5, 0.6) is 0 Å². The van der Waals surface area contributed by atoms with Gasteiger partial charge < -0.3 is 4.90 Å². The Labute approximate surface area is 120 Å². The van der Waals surface area contributed by atoms with Gasteiger partial charge in [0.25, 0.3) is 5.91 Å². The average Bonchev–Trinajstić information content (AvgIpc) is 2.48. The summed E-state index contributed by atoms with van der Waals surface area (Å²) in [6.07, 6.45) is 4.64. The van der Waals surface area contributed by atoms with Crippen LogP contribution in [0.25, 0.3) is 0 Å². The lowest BCUT2D eigenvalue weighted by atomic mass is 10.0. The molecule has 0 spiro atoms. The molecule has 1 fully saturated rings. The number of carbonyl (C=O) groups is 1. The molecule has 0 aromatic heterocycles. The van der Waals surface area contributed by atoms with Gasteiger partial charge in [0.15, 0.2) is 5.11 Å². The second-order valence-electron chi connectivity index (χ2n) is 4.88. The monoisotopic (exact) mass is 276 g/mol. The molecular weight excluding hydrogens is 256 g/mol. The number of hydrogen-bond donors (Lipinski definition) is 1. The van der Waals surface area contributed by atoms with Crippen LogP contribution in [0.1, 0.15) is 43.0 Å². The van der Waals surface area contributed by atoms with Gasteiger partial charge in [-0.15, -0.1) is 0 Å². The molecule has 102 valence electrons. The van der Waals surface area contributed by atoms with E-state index in [0.29, 0.717) is 16.7 Å². The first-order valence-electron chi connectivity index (χ1n) is 6.89. The van der Waals surface area contributed by atoms with E-state index in [-0.39, 0.29) is 5.91 Å². The Hall–Kier alpha value is -1.42. The standard InChI is InChI=1S/C15H20N2OS/c1-2-13-10-6-7-11-17(13)15(19)16-14(18)12-8-4-3-5-9-12/h3-5,8-9,13H,2,6-7,10-11H2,1H3,(H,16,18,19). The largest absolute Gasteiger partial charge is 0.346 e. The molecule has 1 N–H and O–H groups in total. The summed E-state index contributed by atoms with van der Waals surface area (Å²) < 4.78 is 0. The first kappa shape index (κ1) is 14.0. The van der Waals surface area contributed by atoms with Crippen LogP contribution in [-0.4, -0.2) is 28.5 Å². The summed E-state index contributed by atoms with van der Waals surface area (Å²) in [6, 6.07) is 9.67. The zero-order valence-corrected chi connectivity index (χ0v) is 12.1. The Morgan fingerprint density at radius 1 is 1.37 bits per heavy atom. The maximum Gasteiger partial charge on any atom is 0.257 e. The smallest absolute Gasteiger partial charge is 0.257 e. The van der Waals surface area contributed by atoms with Crippen LogP contribution in [0, 0.1) is 0 Å². The Morgan fingerprint density at radius 3 is 2.79 bits per heavy atom. The number of piperidine rings is 1. The molecule has 19 heavy (non-hydrogen) atoms. The van der Waals surface area contributed by atoms with Crippen LogP contribution in [0.15, 0.2) is 30.3 Å². The zero-order valence-electron chi connectivity index (χ0n) is 11.3. The van der Waals surface area contributed by atoms with Crippen LogP contribution >= 0.6 is 12.2 Å². The van der Waals surface area contributed by atoms with E-state index in [1.807, 2.05) is 18.2 Å². The maximum absolute atomic E-state index is 12.1. The third kappa shape index (κ3) is 3.53. The van der Waals surface area contributed by atoms with Crippen molar-refractivity contribution in [2.45, 2.75) is 38.6 Å². The van der Waals surface area contributed by atoms with Gasteiger partial charge in [-0.25, -0.2) is 0 Å². The fraction of sp³-hybridized carbons (Fsp3) is 0.467. The predicted octanol–water partition coefficient (Wildman–Crippen LogP) is 2.97. The normalized spacial score (nSPS) is 19.0. The van der Waals surface area contributed by atoms with Crippen molar-refractivity contribution in [1.29, 1.82) is 0 Å². The number of thiocarbonyl (C=S) groups is 1. The summed E-state index contributed by atoms with van der Waals surface area (Å²) in [7, 11) is 0. The average molecular weight is 276 g/mol. The first-order valence-corrected chi connectivity index (χ1v) is 7.30. The molecule has 1 heterocycles. The molecule has 1 atom stereocenters. The maximum atomic E-state index is 12.1. The van der Waals surface area contributed by atoms with E-state index in [1.54, 1.807) is 12.1 Å². The molecule has 4 heteroatoms. The molecule has 1 aromatic carbocycles. The minimum atomic E-state index is -0.119. The zero-order chi connectivity index (χ0) is 13.7. The van der Waals surface area contributed by atoms with Gasteiger partial charge in [0.1, 0.15) is 0 Å². The molecule has 3 nitrogen and oxygen atoms in total. The minimum absolute atomic E-state index is 0.119. The highest BCUT2D eigenvalue weighted by Crippen LogP contribution is 2.19. The number of nitrogens with one attached hydrogen (secondary N) is 1. The van der Waals surface area contributed by atoms with Crippen LogP contribution < -0.4 is 5.32 Å². The molecule has 0 aliphatic carbocycles. The van der Waals surface area contributed by atoms with Gasteiger partial charge in [0, 0.05) is 18.2 Å². The highest BCUT2D eigenvalue weighted by atomic mass is 32.1. The van der Waals surface area contributed by atoms with Gasteiger partial charge in [-0.1, -0.05) is 25.1 Å². The minimum Gasteiger partial charge on any atom is -0.346 e. The number of nitrogens with zero attached hydrogens (tertiary/aromatic N) is 1. The van der Waals surface area contributed by atoms with Gasteiger partial charge >= 0.3 is 0 Å². The van der Waals surface area contributed by atoms with Crippen molar-refractivity contribution in [2.24, 2.45) is 0 Å².